The molecule has 6 rings (SSSR count). The van der Waals surface area contributed by atoms with Crippen LogP contribution in [-0.2, 0) is 37.3 Å². The summed E-state index contributed by atoms with van der Waals surface area (Å²) < 4.78 is 29.4. The van der Waals surface area contributed by atoms with Gasteiger partial charge in [0.1, 0.15) is 23.8 Å². The first-order chi connectivity index (χ1) is 23.1. The molecule has 1 aliphatic heterocycles. The van der Waals surface area contributed by atoms with Gasteiger partial charge in [0, 0.05) is 25.2 Å². The minimum atomic E-state index is -0.634. The van der Waals surface area contributed by atoms with Crippen molar-refractivity contribution >= 4 is 11.9 Å². The van der Waals surface area contributed by atoms with Crippen LogP contribution in [0.25, 0.3) is 11.1 Å². The minimum absolute atomic E-state index is 0.0553. The predicted molar refractivity (Wildman–Crippen MR) is 184 cm³/mol. The van der Waals surface area contributed by atoms with E-state index in [1.807, 2.05) is 111 Å². The number of amides is 1. The summed E-state index contributed by atoms with van der Waals surface area (Å²) in [6.45, 7) is 9.01. The van der Waals surface area contributed by atoms with Crippen LogP contribution in [0.5, 0.6) is 5.75 Å². The second kappa shape index (κ2) is 13.9. The number of fused-ring (bicyclic) bond motifs is 1. The van der Waals surface area contributed by atoms with Crippen molar-refractivity contribution in [1.29, 1.82) is 0 Å². The molecule has 0 spiro atoms. The lowest BCUT2D eigenvalue weighted by molar-refractivity contribution is 0.0220. The molecule has 1 aromatic heterocycles. The van der Waals surface area contributed by atoms with E-state index in [4.69, 9.17) is 14.5 Å². The van der Waals surface area contributed by atoms with Gasteiger partial charge >= 0.3 is 6.09 Å². The minimum Gasteiger partial charge on any atom is -0.489 e. The number of hydrogen-bond donors (Lipinski definition) is 0. The molecule has 8 heteroatoms. The summed E-state index contributed by atoms with van der Waals surface area (Å²) in [6, 6.07) is 30.3. The van der Waals surface area contributed by atoms with E-state index in [0.717, 1.165) is 40.1 Å². The smallest absolute Gasteiger partial charge is 0.410 e. The molecule has 0 aliphatic carbocycles. The molecule has 0 saturated heterocycles. The Morgan fingerprint density at radius 1 is 0.896 bits per heavy atom. The lowest BCUT2D eigenvalue weighted by Gasteiger charge is -2.30. The fraction of sp³-hybridized carbons (Fsp3) is 0.275. The van der Waals surface area contributed by atoms with Crippen molar-refractivity contribution in [2.75, 3.05) is 6.54 Å². The molecule has 0 bridgehead atoms. The highest BCUT2D eigenvalue weighted by Gasteiger charge is 2.32. The van der Waals surface area contributed by atoms with Crippen LogP contribution >= 0.6 is 0 Å². The maximum absolute atomic E-state index is 15.9. The standard InChI is InChI=1S/C40H40FN3O4/c1-5-29-22-31(47-26-28-14-10-7-11-15-28)17-19-32(29)30-16-18-33(34(41)23-30)37(45)38-42-35-25-43(39(46)48-40(2,3)4)21-20-36(35)44(38)24-27-12-8-6-9-13-27/h6-19,22-23H,5,20-21,24-26H2,1-4H3. The number of halogens is 1. The van der Waals surface area contributed by atoms with Crippen LogP contribution in [0.4, 0.5) is 9.18 Å². The number of carbonyl (C=O) groups is 2. The van der Waals surface area contributed by atoms with E-state index in [2.05, 4.69) is 0 Å². The Bertz CT molecular complexity index is 1930. The van der Waals surface area contributed by atoms with Crippen LogP contribution in [0.15, 0.2) is 97.1 Å². The van der Waals surface area contributed by atoms with E-state index in [1.165, 1.54) is 6.07 Å². The summed E-state index contributed by atoms with van der Waals surface area (Å²) in [4.78, 5) is 33.2. The molecule has 0 saturated carbocycles. The normalized spacial score (nSPS) is 12.8. The first kappa shape index (κ1) is 32.7. The molecule has 1 amide bonds. The number of nitrogens with zero attached hydrogens (tertiary/aromatic N) is 3. The first-order valence-electron chi connectivity index (χ1n) is 16.3. The molecular formula is C40H40FN3O4. The number of imidazole rings is 1. The molecule has 1 aliphatic rings. The zero-order valence-corrected chi connectivity index (χ0v) is 27.8. The summed E-state index contributed by atoms with van der Waals surface area (Å²) >= 11 is 0. The van der Waals surface area contributed by atoms with Crippen molar-refractivity contribution in [2.24, 2.45) is 0 Å². The molecule has 7 nitrogen and oxygen atoms in total. The van der Waals surface area contributed by atoms with Crippen molar-refractivity contribution < 1.29 is 23.5 Å². The van der Waals surface area contributed by atoms with Gasteiger partial charge < -0.3 is 18.9 Å². The van der Waals surface area contributed by atoms with Crippen molar-refractivity contribution in [1.82, 2.24) is 14.5 Å². The SMILES string of the molecule is CCc1cc(OCc2ccccc2)ccc1-c1ccc(C(=O)c2nc3c(n2Cc2ccccc2)CCN(C(=O)OC(C)(C)C)C3)c(F)c1. The maximum Gasteiger partial charge on any atom is 0.410 e. The largest absolute Gasteiger partial charge is 0.489 e. The summed E-state index contributed by atoms with van der Waals surface area (Å²) in [5.74, 6) is -0.234. The average Bonchev–Trinajstić information content (AvgIpc) is 3.44. The topological polar surface area (TPSA) is 73.7 Å². The van der Waals surface area contributed by atoms with Gasteiger partial charge in [-0.25, -0.2) is 14.2 Å². The van der Waals surface area contributed by atoms with Crippen molar-refractivity contribution in [2.45, 2.75) is 65.8 Å². The van der Waals surface area contributed by atoms with Crippen LogP contribution < -0.4 is 4.74 Å². The molecule has 246 valence electrons. The summed E-state index contributed by atoms with van der Waals surface area (Å²) in [7, 11) is 0. The van der Waals surface area contributed by atoms with Crippen molar-refractivity contribution in [3.8, 4) is 16.9 Å². The highest BCUT2D eigenvalue weighted by Crippen LogP contribution is 2.31. The quantitative estimate of drug-likeness (QED) is 0.151. The molecule has 0 radical (unpaired) electrons. The van der Waals surface area contributed by atoms with E-state index in [-0.39, 0.29) is 17.9 Å². The molecule has 0 N–H and O–H groups in total. The Morgan fingerprint density at radius 3 is 2.27 bits per heavy atom. The van der Waals surface area contributed by atoms with Crippen LogP contribution in [0.3, 0.4) is 0 Å². The van der Waals surface area contributed by atoms with Gasteiger partial charge in [-0.05, 0) is 79.3 Å². The number of aryl methyl sites for hydroxylation is 1. The lowest BCUT2D eigenvalue weighted by Crippen LogP contribution is -2.40. The third-order valence-corrected chi connectivity index (χ3v) is 8.38. The summed E-state index contributed by atoms with van der Waals surface area (Å²) in [6.07, 6.45) is 0.791. The van der Waals surface area contributed by atoms with E-state index in [0.29, 0.717) is 37.4 Å². The number of rotatable bonds is 9. The van der Waals surface area contributed by atoms with E-state index < -0.39 is 23.3 Å². The molecule has 48 heavy (non-hydrogen) atoms. The first-order valence-corrected chi connectivity index (χ1v) is 16.3. The lowest BCUT2D eigenvalue weighted by atomic mass is 9.96. The highest BCUT2D eigenvalue weighted by atomic mass is 19.1. The van der Waals surface area contributed by atoms with Crippen LogP contribution in [-0.4, -0.2) is 38.5 Å². The van der Waals surface area contributed by atoms with Gasteiger partial charge in [0.2, 0.25) is 5.78 Å². The summed E-state index contributed by atoms with van der Waals surface area (Å²) in [5, 5.41) is 0. The van der Waals surface area contributed by atoms with Gasteiger partial charge in [0.15, 0.2) is 5.82 Å². The molecule has 4 aromatic carbocycles. The zero-order valence-electron chi connectivity index (χ0n) is 27.8. The van der Waals surface area contributed by atoms with E-state index >= 15 is 4.39 Å². The van der Waals surface area contributed by atoms with Crippen molar-refractivity contribution in [3.63, 3.8) is 0 Å². The number of ether oxygens (including phenoxy) is 2. The Hall–Kier alpha value is -5.24. The number of hydrogen-bond acceptors (Lipinski definition) is 5. The second-order valence-corrected chi connectivity index (χ2v) is 13.0. The zero-order chi connectivity index (χ0) is 33.8. The number of aromatic nitrogens is 2. The molecule has 0 atom stereocenters. The van der Waals surface area contributed by atoms with Gasteiger partial charge in [-0.1, -0.05) is 79.7 Å². The Kier molecular flexibility index (Phi) is 9.44. The van der Waals surface area contributed by atoms with E-state index in [1.54, 1.807) is 17.0 Å². The van der Waals surface area contributed by atoms with Gasteiger partial charge in [-0.2, -0.15) is 0 Å². The van der Waals surface area contributed by atoms with E-state index in [9.17, 15) is 9.59 Å². The molecule has 0 unspecified atom stereocenters. The number of ketones is 1. The Morgan fingerprint density at radius 2 is 1.60 bits per heavy atom. The van der Waals surface area contributed by atoms with Gasteiger partial charge in [-0.15, -0.1) is 0 Å². The highest BCUT2D eigenvalue weighted by molar-refractivity contribution is 6.07. The van der Waals surface area contributed by atoms with Gasteiger partial charge in [0.05, 0.1) is 17.8 Å². The Balaban J connectivity index is 1.28. The van der Waals surface area contributed by atoms with Gasteiger partial charge in [0.25, 0.3) is 0 Å². The number of benzene rings is 4. The fourth-order valence-electron chi connectivity index (χ4n) is 6.00. The third kappa shape index (κ3) is 7.33. The van der Waals surface area contributed by atoms with Crippen LogP contribution in [0, 0.1) is 5.82 Å². The third-order valence-electron chi connectivity index (χ3n) is 8.38. The fourth-order valence-corrected chi connectivity index (χ4v) is 6.00. The Labute approximate surface area is 281 Å². The second-order valence-electron chi connectivity index (χ2n) is 13.0. The van der Waals surface area contributed by atoms with Gasteiger partial charge in [-0.3, -0.25) is 4.79 Å². The average molecular weight is 646 g/mol. The molecule has 0 fully saturated rings. The predicted octanol–water partition coefficient (Wildman–Crippen LogP) is 8.40. The number of carbonyl (C=O) groups excluding carboxylic acids is 2. The molecule has 5 aromatic rings. The maximum atomic E-state index is 15.9. The van der Waals surface area contributed by atoms with Crippen LogP contribution in [0.1, 0.15) is 72.0 Å². The summed E-state index contributed by atoms with van der Waals surface area (Å²) in [5.41, 5.74) is 5.42. The monoisotopic (exact) mass is 645 g/mol. The molecule has 2 heterocycles. The molecular weight excluding hydrogens is 605 g/mol. The van der Waals surface area contributed by atoms with Crippen molar-refractivity contribution in [3.05, 3.63) is 142 Å². The van der Waals surface area contributed by atoms with Crippen LogP contribution in [0.2, 0.25) is 0 Å².